The van der Waals surface area contributed by atoms with Crippen molar-refractivity contribution in [1.29, 1.82) is 0 Å². The summed E-state index contributed by atoms with van der Waals surface area (Å²) in [6.45, 7) is 5.54. The fraction of sp³-hybridized carbons (Fsp3) is 0.833. The van der Waals surface area contributed by atoms with Gasteiger partial charge in [0.05, 0.1) is 6.54 Å². The first-order chi connectivity index (χ1) is 7.45. The van der Waals surface area contributed by atoms with Crippen molar-refractivity contribution < 1.29 is 0 Å². The molecule has 84 valence electrons. The second kappa shape index (κ2) is 6.42. The molecule has 2 nitrogen and oxygen atoms in total. The van der Waals surface area contributed by atoms with E-state index in [0.717, 1.165) is 44.4 Å². The van der Waals surface area contributed by atoms with Crippen molar-refractivity contribution in [3.8, 4) is 11.8 Å². The lowest BCUT2D eigenvalue weighted by Gasteiger charge is -2.24. The third-order valence-corrected chi connectivity index (χ3v) is 4.39. The summed E-state index contributed by atoms with van der Waals surface area (Å²) in [5, 5.41) is 4.19. The maximum absolute atomic E-state index is 3.36. The molecule has 1 atom stereocenters. The van der Waals surface area contributed by atoms with Crippen LogP contribution < -0.4 is 5.32 Å². The van der Waals surface area contributed by atoms with Gasteiger partial charge in [-0.3, -0.25) is 4.90 Å². The smallest absolute Gasteiger partial charge is 0.0602 e. The SMILES string of the molecule is C(#CCN1CCNCC1)CC1CCCS1. The lowest BCUT2D eigenvalue weighted by atomic mass is 10.2. The van der Waals surface area contributed by atoms with E-state index in [-0.39, 0.29) is 0 Å². The monoisotopic (exact) mass is 224 g/mol. The number of nitrogens with one attached hydrogen (secondary N) is 1. The highest BCUT2D eigenvalue weighted by Crippen LogP contribution is 2.27. The van der Waals surface area contributed by atoms with E-state index in [1.807, 2.05) is 0 Å². The average molecular weight is 224 g/mol. The van der Waals surface area contributed by atoms with Crippen LogP contribution in [0.3, 0.4) is 0 Å². The van der Waals surface area contributed by atoms with Crippen LogP contribution in [0.25, 0.3) is 0 Å². The van der Waals surface area contributed by atoms with Gasteiger partial charge in [-0.2, -0.15) is 11.8 Å². The van der Waals surface area contributed by atoms with Crippen molar-refractivity contribution in [2.75, 3.05) is 38.5 Å². The van der Waals surface area contributed by atoms with Crippen LogP contribution in [0.15, 0.2) is 0 Å². The number of piperazine rings is 1. The van der Waals surface area contributed by atoms with Crippen LogP contribution in [-0.2, 0) is 0 Å². The summed E-state index contributed by atoms with van der Waals surface area (Å²) in [5.41, 5.74) is 0. The first kappa shape index (κ1) is 11.3. The van der Waals surface area contributed by atoms with Gasteiger partial charge in [0.15, 0.2) is 0 Å². The van der Waals surface area contributed by atoms with Gasteiger partial charge >= 0.3 is 0 Å². The molecule has 0 aromatic carbocycles. The van der Waals surface area contributed by atoms with Gasteiger partial charge < -0.3 is 5.32 Å². The van der Waals surface area contributed by atoms with Crippen LogP contribution in [-0.4, -0.2) is 48.6 Å². The van der Waals surface area contributed by atoms with E-state index in [0.29, 0.717) is 0 Å². The van der Waals surface area contributed by atoms with E-state index < -0.39 is 0 Å². The Hall–Kier alpha value is -0.170. The topological polar surface area (TPSA) is 15.3 Å². The zero-order chi connectivity index (χ0) is 10.3. The molecule has 0 saturated carbocycles. The van der Waals surface area contributed by atoms with E-state index in [4.69, 9.17) is 0 Å². The fourth-order valence-corrected chi connectivity index (χ4v) is 3.23. The second-order valence-electron chi connectivity index (χ2n) is 4.22. The predicted molar refractivity (Wildman–Crippen MR) is 67.2 cm³/mol. The molecule has 1 unspecified atom stereocenters. The molecular weight excluding hydrogens is 204 g/mol. The Morgan fingerprint density at radius 1 is 1.27 bits per heavy atom. The zero-order valence-corrected chi connectivity index (χ0v) is 10.1. The quantitative estimate of drug-likeness (QED) is 0.709. The summed E-state index contributed by atoms with van der Waals surface area (Å²) in [4.78, 5) is 2.44. The van der Waals surface area contributed by atoms with Gasteiger partial charge in [-0.15, -0.1) is 5.92 Å². The van der Waals surface area contributed by atoms with Crippen molar-refractivity contribution in [2.45, 2.75) is 24.5 Å². The highest BCUT2D eigenvalue weighted by atomic mass is 32.2. The fourth-order valence-electron chi connectivity index (χ4n) is 2.03. The summed E-state index contributed by atoms with van der Waals surface area (Å²) in [5.74, 6) is 8.01. The van der Waals surface area contributed by atoms with E-state index in [1.54, 1.807) is 0 Å². The largest absolute Gasteiger partial charge is 0.314 e. The molecule has 2 fully saturated rings. The summed E-state index contributed by atoms with van der Waals surface area (Å²) < 4.78 is 0. The molecule has 15 heavy (non-hydrogen) atoms. The van der Waals surface area contributed by atoms with Crippen molar-refractivity contribution in [3.05, 3.63) is 0 Å². The summed E-state index contributed by atoms with van der Waals surface area (Å²) in [6, 6.07) is 0. The number of thioether (sulfide) groups is 1. The molecule has 0 aromatic heterocycles. The normalized spacial score (nSPS) is 27.3. The molecular formula is C12H20N2S. The predicted octanol–water partition coefficient (Wildman–Crippen LogP) is 1.18. The molecule has 2 aliphatic heterocycles. The summed E-state index contributed by atoms with van der Waals surface area (Å²) >= 11 is 2.10. The van der Waals surface area contributed by atoms with Crippen LogP contribution >= 0.6 is 11.8 Å². The van der Waals surface area contributed by atoms with Crippen LogP contribution in [0.4, 0.5) is 0 Å². The first-order valence-corrected chi connectivity index (χ1v) is 7.00. The number of nitrogens with zero attached hydrogens (tertiary/aromatic N) is 1. The molecule has 0 aromatic rings. The molecule has 0 amide bonds. The second-order valence-corrected chi connectivity index (χ2v) is 5.63. The molecule has 2 heterocycles. The molecule has 2 aliphatic rings. The summed E-state index contributed by atoms with van der Waals surface area (Å²) in [6.07, 6.45) is 3.89. The molecule has 1 N–H and O–H groups in total. The lowest BCUT2D eigenvalue weighted by molar-refractivity contribution is 0.268. The van der Waals surface area contributed by atoms with Gasteiger partial charge in [0.25, 0.3) is 0 Å². The van der Waals surface area contributed by atoms with Gasteiger partial charge in [-0.1, -0.05) is 5.92 Å². The van der Waals surface area contributed by atoms with Crippen LogP contribution in [0.1, 0.15) is 19.3 Å². The van der Waals surface area contributed by atoms with Crippen molar-refractivity contribution in [3.63, 3.8) is 0 Å². The van der Waals surface area contributed by atoms with Crippen molar-refractivity contribution in [2.24, 2.45) is 0 Å². The van der Waals surface area contributed by atoms with E-state index in [1.165, 1.54) is 18.6 Å². The number of hydrogen-bond donors (Lipinski definition) is 1. The van der Waals surface area contributed by atoms with Gasteiger partial charge in [0, 0.05) is 37.8 Å². The molecule has 0 bridgehead atoms. The third kappa shape index (κ3) is 4.06. The minimum atomic E-state index is 0.834. The number of hydrogen-bond acceptors (Lipinski definition) is 3. The third-order valence-electron chi connectivity index (χ3n) is 2.99. The molecule has 0 radical (unpaired) electrons. The zero-order valence-electron chi connectivity index (χ0n) is 9.30. The van der Waals surface area contributed by atoms with Gasteiger partial charge in [0.2, 0.25) is 0 Å². The molecule has 2 rings (SSSR count). The maximum Gasteiger partial charge on any atom is 0.0602 e. The van der Waals surface area contributed by atoms with E-state index >= 15 is 0 Å². The Bertz CT molecular complexity index is 232. The Morgan fingerprint density at radius 3 is 2.87 bits per heavy atom. The van der Waals surface area contributed by atoms with Gasteiger partial charge in [-0.25, -0.2) is 0 Å². The highest BCUT2D eigenvalue weighted by Gasteiger charge is 2.13. The standard InChI is InChI=1S/C12H20N2S/c1(4-12-5-3-11-15-12)2-8-14-9-6-13-7-10-14/h12-13H,3-11H2. The molecule has 0 aliphatic carbocycles. The van der Waals surface area contributed by atoms with Crippen LogP contribution in [0.2, 0.25) is 0 Å². The highest BCUT2D eigenvalue weighted by molar-refractivity contribution is 8.00. The molecule has 0 spiro atoms. The van der Waals surface area contributed by atoms with Crippen LogP contribution in [0.5, 0.6) is 0 Å². The summed E-state index contributed by atoms with van der Waals surface area (Å²) in [7, 11) is 0. The molecule has 2 saturated heterocycles. The maximum atomic E-state index is 3.36. The minimum Gasteiger partial charge on any atom is -0.314 e. The van der Waals surface area contributed by atoms with E-state index in [2.05, 4.69) is 33.8 Å². The van der Waals surface area contributed by atoms with Crippen LogP contribution in [0, 0.1) is 11.8 Å². The van der Waals surface area contributed by atoms with Gasteiger partial charge in [0.1, 0.15) is 0 Å². The Morgan fingerprint density at radius 2 is 2.13 bits per heavy atom. The Balaban J connectivity index is 1.61. The van der Waals surface area contributed by atoms with E-state index in [9.17, 15) is 0 Å². The average Bonchev–Trinajstić information content (AvgIpc) is 2.79. The Kier molecular flexibility index (Phi) is 4.85. The lowest BCUT2D eigenvalue weighted by Crippen LogP contribution is -2.43. The molecule has 3 heteroatoms. The first-order valence-electron chi connectivity index (χ1n) is 5.95. The Labute approximate surface area is 97.2 Å². The number of rotatable bonds is 2. The van der Waals surface area contributed by atoms with Gasteiger partial charge in [-0.05, 0) is 18.6 Å². The van der Waals surface area contributed by atoms with Crippen molar-refractivity contribution >= 4 is 11.8 Å². The van der Waals surface area contributed by atoms with Crippen molar-refractivity contribution in [1.82, 2.24) is 10.2 Å². The minimum absolute atomic E-state index is 0.834.